The molecule has 0 bridgehead atoms. The van der Waals surface area contributed by atoms with Crippen LogP contribution < -0.4 is 10.3 Å². The lowest BCUT2D eigenvalue weighted by Gasteiger charge is -2.04. The fourth-order valence-electron chi connectivity index (χ4n) is 2.91. The first-order chi connectivity index (χ1) is 14.5. The number of H-pyrrole nitrogens is 1. The number of nitro groups is 1. The van der Waals surface area contributed by atoms with Crippen LogP contribution in [-0.2, 0) is 4.74 Å². The Hall–Kier alpha value is -3.72. The first kappa shape index (κ1) is 21.0. The molecule has 0 aliphatic rings. The number of nitrogens with one attached hydrogen (secondary N) is 1. The summed E-state index contributed by atoms with van der Waals surface area (Å²) in [6, 6.07) is 13.0. The molecule has 3 aromatic rings. The first-order valence-electron chi connectivity index (χ1n) is 9.28. The lowest BCUT2D eigenvalue weighted by atomic mass is 10.1. The number of non-ortho nitro benzene ring substituents is 1. The van der Waals surface area contributed by atoms with E-state index in [1.54, 1.807) is 32.6 Å². The van der Waals surface area contributed by atoms with Gasteiger partial charge in [-0.3, -0.25) is 25.0 Å². The van der Waals surface area contributed by atoms with Gasteiger partial charge in [-0.25, -0.2) is 4.68 Å². The van der Waals surface area contributed by atoms with Gasteiger partial charge in [-0.2, -0.15) is 0 Å². The Morgan fingerprint density at radius 2 is 1.83 bits per heavy atom. The average molecular weight is 410 g/mol. The zero-order chi connectivity index (χ0) is 21.5. The average Bonchev–Trinajstić information content (AvgIpc) is 3.10. The van der Waals surface area contributed by atoms with Crippen LogP contribution >= 0.6 is 0 Å². The lowest BCUT2D eigenvalue weighted by Crippen LogP contribution is -2.17. The van der Waals surface area contributed by atoms with Gasteiger partial charge in [-0.05, 0) is 42.8 Å². The fourth-order valence-corrected chi connectivity index (χ4v) is 2.91. The second-order valence-electron chi connectivity index (χ2n) is 6.42. The van der Waals surface area contributed by atoms with E-state index in [9.17, 15) is 14.9 Å². The Morgan fingerprint density at radius 3 is 2.43 bits per heavy atom. The topological polar surface area (TPSA) is 112 Å². The van der Waals surface area contributed by atoms with Gasteiger partial charge in [0.1, 0.15) is 5.75 Å². The van der Waals surface area contributed by atoms with Crippen LogP contribution in [0.4, 0.5) is 5.69 Å². The Labute approximate surface area is 172 Å². The summed E-state index contributed by atoms with van der Waals surface area (Å²) >= 11 is 0. The molecule has 0 aliphatic heterocycles. The van der Waals surface area contributed by atoms with Gasteiger partial charge in [0, 0.05) is 44.2 Å². The summed E-state index contributed by atoms with van der Waals surface area (Å²) in [7, 11) is 3.21. The predicted molar refractivity (Wildman–Crippen MR) is 114 cm³/mol. The second-order valence-corrected chi connectivity index (χ2v) is 6.42. The summed E-state index contributed by atoms with van der Waals surface area (Å²) in [6.45, 7) is 1.11. The number of hydrogen-bond donors (Lipinski definition) is 1. The standard InChI is InChI=1S/C21H22N4O5/c1-29-13-3-12-22-14-19-20(15-4-10-18(30-2)11-5-15)23-24(21(19)26)16-6-8-17(9-7-16)25(27)28/h4-11,14,23H,3,12-13H2,1-2H3. The molecule has 1 heterocycles. The molecule has 1 N–H and O–H groups in total. The number of nitro benzene ring substituents is 1. The van der Waals surface area contributed by atoms with Crippen LogP contribution in [0.3, 0.4) is 0 Å². The summed E-state index contributed by atoms with van der Waals surface area (Å²) in [5.74, 6) is 0.700. The van der Waals surface area contributed by atoms with Crippen LogP contribution in [-0.4, -0.2) is 48.3 Å². The molecular formula is C21H22N4O5. The number of ether oxygens (including phenoxy) is 2. The predicted octanol–water partition coefficient (Wildman–Crippen LogP) is 3.20. The molecule has 0 saturated heterocycles. The molecule has 9 nitrogen and oxygen atoms in total. The van der Waals surface area contributed by atoms with E-state index in [0.29, 0.717) is 35.8 Å². The van der Waals surface area contributed by atoms with Gasteiger partial charge in [0.15, 0.2) is 0 Å². The molecule has 156 valence electrons. The van der Waals surface area contributed by atoms with Crippen molar-refractivity contribution in [1.29, 1.82) is 0 Å². The largest absolute Gasteiger partial charge is 0.497 e. The molecule has 0 unspecified atom stereocenters. The molecule has 0 fully saturated rings. The molecule has 0 aliphatic carbocycles. The maximum Gasteiger partial charge on any atom is 0.280 e. The minimum atomic E-state index is -0.484. The normalized spacial score (nSPS) is 11.1. The molecule has 0 spiro atoms. The number of hydrogen-bond acceptors (Lipinski definition) is 6. The maximum atomic E-state index is 13.1. The number of nitrogens with zero attached hydrogens (tertiary/aromatic N) is 3. The molecule has 0 saturated carbocycles. The smallest absolute Gasteiger partial charge is 0.280 e. The third-order valence-corrected chi connectivity index (χ3v) is 4.48. The highest BCUT2D eigenvalue weighted by Gasteiger charge is 2.16. The number of aromatic nitrogens is 2. The first-order valence-corrected chi connectivity index (χ1v) is 9.28. The van der Waals surface area contributed by atoms with Gasteiger partial charge in [0.25, 0.3) is 11.2 Å². The second kappa shape index (κ2) is 9.66. The summed E-state index contributed by atoms with van der Waals surface area (Å²) in [5, 5.41) is 14.0. The van der Waals surface area contributed by atoms with E-state index < -0.39 is 4.92 Å². The van der Waals surface area contributed by atoms with Gasteiger partial charge in [-0.15, -0.1) is 0 Å². The highest BCUT2D eigenvalue weighted by molar-refractivity contribution is 5.88. The molecular weight excluding hydrogens is 388 g/mol. The number of benzene rings is 2. The number of aliphatic imine (C=N–C) groups is 1. The highest BCUT2D eigenvalue weighted by atomic mass is 16.6. The zero-order valence-corrected chi connectivity index (χ0v) is 16.7. The molecule has 0 atom stereocenters. The summed E-state index contributed by atoms with van der Waals surface area (Å²) < 4.78 is 11.6. The van der Waals surface area contributed by atoms with E-state index in [1.807, 2.05) is 12.1 Å². The van der Waals surface area contributed by atoms with Crippen LogP contribution in [0.1, 0.15) is 12.0 Å². The van der Waals surface area contributed by atoms with Gasteiger partial charge in [0.2, 0.25) is 0 Å². The molecule has 2 aromatic carbocycles. The van der Waals surface area contributed by atoms with E-state index in [4.69, 9.17) is 9.47 Å². The van der Waals surface area contributed by atoms with Crippen LogP contribution in [0.15, 0.2) is 58.3 Å². The van der Waals surface area contributed by atoms with Crippen molar-refractivity contribution in [2.45, 2.75) is 6.42 Å². The molecule has 30 heavy (non-hydrogen) atoms. The van der Waals surface area contributed by atoms with Crippen molar-refractivity contribution in [2.75, 3.05) is 27.4 Å². The van der Waals surface area contributed by atoms with Crippen molar-refractivity contribution in [3.63, 3.8) is 0 Å². The third-order valence-electron chi connectivity index (χ3n) is 4.48. The Bertz CT molecular complexity index is 1080. The Kier molecular flexibility index (Phi) is 6.76. The van der Waals surface area contributed by atoms with E-state index in [2.05, 4.69) is 10.1 Å². The van der Waals surface area contributed by atoms with Gasteiger partial charge >= 0.3 is 0 Å². The monoisotopic (exact) mass is 410 g/mol. The Balaban J connectivity index is 2.03. The molecule has 9 heteroatoms. The van der Waals surface area contributed by atoms with Crippen LogP contribution in [0.25, 0.3) is 16.9 Å². The van der Waals surface area contributed by atoms with Crippen molar-refractivity contribution < 1.29 is 14.4 Å². The summed E-state index contributed by atoms with van der Waals surface area (Å²) in [4.78, 5) is 27.8. The SMILES string of the molecule is COCCCN=Cc1c(-c2ccc(OC)cc2)[nH]n(-c2ccc([N+](=O)[O-])cc2)c1=O. The molecule has 0 radical (unpaired) electrons. The van der Waals surface area contributed by atoms with E-state index in [1.165, 1.54) is 28.9 Å². The van der Waals surface area contributed by atoms with Crippen molar-refractivity contribution in [3.05, 3.63) is 74.6 Å². The molecule has 3 rings (SSSR count). The van der Waals surface area contributed by atoms with E-state index in [0.717, 1.165) is 12.0 Å². The molecule has 1 aromatic heterocycles. The Morgan fingerprint density at radius 1 is 1.13 bits per heavy atom. The fraction of sp³-hybridized carbons (Fsp3) is 0.238. The van der Waals surface area contributed by atoms with Gasteiger partial charge < -0.3 is 9.47 Å². The van der Waals surface area contributed by atoms with Crippen molar-refractivity contribution >= 4 is 11.9 Å². The zero-order valence-electron chi connectivity index (χ0n) is 16.7. The van der Waals surface area contributed by atoms with Crippen molar-refractivity contribution in [2.24, 2.45) is 4.99 Å². The number of methoxy groups -OCH3 is 2. The number of rotatable bonds is 9. The van der Waals surface area contributed by atoms with E-state index in [-0.39, 0.29) is 11.2 Å². The maximum absolute atomic E-state index is 13.1. The minimum Gasteiger partial charge on any atom is -0.497 e. The summed E-state index contributed by atoms with van der Waals surface area (Å²) in [5.41, 5.74) is 1.91. The van der Waals surface area contributed by atoms with Crippen molar-refractivity contribution in [1.82, 2.24) is 9.78 Å². The minimum absolute atomic E-state index is 0.0475. The quantitative estimate of drug-likeness (QED) is 0.252. The number of aromatic amines is 1. The highest BCUT2D eigenvalue weighted by Crippen LogP contribution is 2.23. The molecule has 0 amide bonds. The van der Waals surface area contributed by atoms with Crippen LogP contribution in [0.5, 0.6) is 5.75 Å². The third kappa shape index (κ3) is 4.64. The summed E-state index contributed by atoms with van der Waals surface area (Å²) in [6.07, 6.45) is 2.29. The van der Waals surface area contributed by atoms with Crippen LogP contribution in [0, 0.1) is 10.1 Å². The van der Waals surface area contributed by atoms with Crippen molar-refractivity contribution in [3.8, 4) is 22.7 Å². The van der Waals surface area contributed by atoms with Crippen LogP contribution in [0.2, 0.25) is 0 Å². The lowest BCUT2D eigenvalue weighted by molar-refractivity contribution is -0.384. The van der Waals surface area contributed by atoms with E-state index >= 15 is 0 Å². The van der Waals surface area contributed by atoms with Gasteiger partial charge in [0.05, 0.1) is 29.0 Å². The van der Waals surface area contributed by atoms with Gasteiger partial charge in [-0.1, -0.05) is 0 Å².